The molecule has 3 amide bonds. The van der Waals surface area contributed by atoms with Crippen molar-refractivity contribution in [2.75, 3.05) is 5.32 Å². The first kappa shape index (κ1) is 23.3. The minimum absolute atomic E-state index is 0.0548. The van der Waals surface area contributed by atoms with Gasteiger partial charge >= 0.3 is 0 Å². The van der Waals surface area contributed by atoms with Crippen LogP contribution >= 0.6 is 23.8 Å². The van der Waals surface area contributed by atoms with Gasteiger partial charge in [0.1, 0.15) is 5.84 Å². The smallest absolute Gasteiger partial charge is 0.263 e. The van der Waals surface area contributed by atoms with E-state index in [2.05, 4.69) is 10.5 Å². The van der Waals surface area contributed by atoms with Crippen LogP contribution in [-0.4, -0.2) is 38.5 Å². The molecule has 0 aromatic heterocycles. The molecule has 0 bridgehead atoms. The number of imide groups is 1. The summed E-state index contributed by atoms with van der Waals surface area (Å²) in [5.74, 6) is -1.37. The molecule has 0 unspecified atom stereocenters. The van der Waals surface area contributed by atoms with E-state index in [1.165, 1.54) is 6.08 Å². The number of nitrogens with zero attached hydrogens (tertiary/aromatic N) is 2. The number of halogens is 1. The summed E-state index contributed by atoms with van der Waals surface area (Å²) in [5, 5.41) is 14.8. The minimum atomic E-state index is -0.505. The van der Waals surface area contributed by atoms with Crippen molar-refractivity contribution in [3.8, 4) is 0 Å². The molecule has 0 saturated carbocycles. The first-order valence-electron chi connectivity index (χ1n) is 10.2. The minimum Gasteiger partial charge on any atom is -0.409 e. The fourth-order valence-corrected chi connectivity index (χ4v) is 4.15. The Balaban J connectivity index is 1.54. The van der Waals surface area contributed by atoms with E-state index in [-0.39, 0.29) is 41.2 Å². The van der Waals surface area contributed by atoms with E-state index >= 15 is 0 Å². The quantitative estimate of drug-likeness (QED) is 0.141. The zero-order valence-electron chi connectivity index (χ0n) is 17.7. The third-order valence-corrected chi connectivity index (χ3v) is 6.08. The standard InChI is InChI=1S/C24H19ClN4O4S/c25-15-8-9-19(34)17(11-15)22(30)27-18-3-1-2-16-21(18)24(32)29(23(16)31)12-14-6-4-13(5-7-14)10-20(26)28-33/h1-8,11,33H,9-10,12H2,(H2,26,28)(H,27,30). The molecule has 2 aromatic rings. The van der Waals surface area contributed by atoms with Crippen molar-refractivity contribution in [3.63, 3.8) is 0 Å². The summed E-state index contributed by atoms with van der Waals surface area (Å²) >= 11 is 11.3. The van der Waals surface area contributed by atoms with Crippen molar-refractivity contribution in [2.45, 2.75) is 19.4 Å². The molecule has 0 saturated heterocycles. The number of amides is 3. The van der Waals surface area contributed by atoms with Crippen molar-refractivity contribution in [1.82, 2.24) is 4.90 Å². The van der Waals surface area contributed by atoms with Crippen LogP contribution in [0.15, 0.2) is 70.4 Å². The number of nitrogens with two attached hydrogens (primary N) is 1. The summed E-state index contributed by atoms with van der Waals surface area (Å²) in [7, 11) is 0. The molecule has 0 spiro atoms. The molecule has 34 heavy (non-hydrogen) atoms. The van der Waals surface area contributed by atoms with Crippen LogP contribution in [0.2, 0.25) is 0 Å². The van der Waals surface area contributed by atoms with Crippen LogP contribution in [0.5, 0.6) is 0 Å². The van der Waals surface area contributed by atoms with Gasteiger partial charge in [-0.1, -0.05) is 65.4 Å². The fourth-order valence-electron chi connectivity index (χ4n) is 3.73. The van der Waals surface area contributed by atoms with E-state index in [1.807, 2.05) is 0 Å². The molecule has 4 N–H and O–H groups in total. The molecule has 2 aliphatic rings. The van der Waals surface area contributed by atoms with E-state index in [4.69, 9.17) is 34.8 Å². The number of allylic oxidation sites excluding steroid dienone is 3. The number of oxime groups is 1. The lowest BCUT2D eigenvalue weighted by atomic mass is 10.0. The summed E-state index contributed by atoms with van der Waals surface area (Å²) in [6.07, 6.45) is 3.84. The molecule has 1 heterocycles. The highest BCUT2D eigenvalue weighted by atomic mass is 35.5. The molecule has 2 aromatic carbocycles. The van der Waals surface area contributed by atoms with Crippen LogP contribution in [0.25, 0.3) is 0 Å². The van der Waals surface area contributed by atoms with Crippen LogP contribution < -0.4 is 11.1 Å². The van der Waals surface area contributed by atoms with Crippen LogP contribution in [-0.2, 0) is 17.8 Å². The molecule has 4 rings (SSSR count). The molecule has 0 radical (unpaired) electrons. The van der Waals surface area contributed by atoms with Gasteiger partial charge in [0.2, 0.25) is 0 Å². The van der Waals surface area contributed by atoms with Crippen LogP contribution in [0.1, 0.15) is 38.3 Å². The first-order chi connectivity index (χ1) is 16.3. The third-order valence-electron chi connectivity index (χ3n) is 5.43. The number of thiocarbonyl (C=S) groups is 1. The Bertz CT molecular complexity index is 1310. The highest BCUT2D eigenvalue weighted by Crippen LogP contribution is 2.31. The van der Waals surface area contributed by atoms with E-state index in [1.54, 1.807) is 48.5 Å². The second-order valence-corrected chi connectivity index (χ2v) is 8.67. The Morgan fingerprint density at radius 1 is 1.15 bits per heavy atom. The number of benzene rings is 2. The predicted molar refractivity (Wildman–Crippen MR) is 132 cm³/mol. The molecule has 1 aliphatic carbocycles. The van der Waals surface area contributed by atoms with Crippen molar-refractivity contribution in [3.05, 3.63) is 87.5 Å². The Morgan fingerprint density at radius 3 is 2.56 bits per heavy atom. The van der Waals surface area contributed by atoms with Crippen LogP contribution in [0.4, 0.5) is 5.69 Å². The lowest BCUT2D eigenvalue weighted by Gasteiger charge is -2.15. The van der Waals surface area contributed by atoms with Gasteiger partial charge in [-0.25, -0.2) is 0 Å². The van der Waals surface area contributed by atoms with Gasteiger partial charge in [-0.2, -0.15) is 0 Å². The summed E-state index contributed by atoms with van der Waals surface area (Å²) in [4.78, 5) is 40.5. The number of amidine groups is 1. The van der Waals surface area contributed by atoms with Gasteiger partial charge in [-0.15, -0.1) is 0 Å². The summed E-state index contributed by atoms with van der Waals surface area (Å²) in [6, 6.07) is 11.8. The number of hydrogen-bond acceptors (Lipinski definition) is 6. The number of fused-ring (bicyclic) bond motifs is 1. The van der Waals surface area contributed by atoms with E-state index in [0.717, 1.165) is 16.0 Å². The monoisotopic (exact) mass is 494 g/mol. The van der Waals surface area contributed by atoms with Gasteiger partial charge in [0, 0.05) is 22.7 Å². The lowest BCUT2D eigenvalue weighted by Crippen LogP contribution is -2.29. The Kier molecular flexibility index (Phi) is 6.58. The largest absolute Gasteiger partial charge is 0.409 e. The molecule has 8 nitrogen and oxygen atoms in total. The maximum absolute atomic E-state index is 13.2. The molecule has 10 heteroatoms. The second kappa shape index (κ2) is 9.58. The SMILES string of the molecule is NC(Cc1ccc(CN2C(=O)c3cccc(NC(=O)C4=CC(Cl)=CCC4=S)c3C2=O)cc1)=NO. The van der Waals surface area contributed by atoms with Gasteiger partial charge in [-0.3, -0.25) is 19.3 Å². The molecular formula is C24H19ClN4O4S. The topological polar surface area (TPSA) is 125 Å². The summed E-state index contributed by atoms with van der Waals surface area (Å²) < 4.78 is 0. The zero-order valence-corrected chi connectivity index (χ0v) is 19.3. The molecule has 172 valence electrons. The third kappa shape index (κ3) is 4.61. The van der Waals surface area contributed by atoms with Crippen LogP contribution in [0, 0.1) is 0 Å². The number of rotatable bonds is 6. The van der Waals surface area contributed by atoms with Crippen molar-refractivity contribution < 1.29 is 19.6 Å². The van der Waals surface area contributed by atoms with E-state index in [0.29, 0.717) is 16.3 Å². The van der Waals surface area contributed by atoms with Crippen LogP contribution in [0.3, 0.4) is 0 Å². The number of carbonyl (C=O) groups is 3. The van der Waals surface area contributed by atoms with E-state index in [9.17, 15) is 14.4 Å². The van der Waals surface area contributed by atoms with Crippen molar-refractivity contribution in [2.24, 2.45) is 10.9 Å². The molecule has 0 fully saturated rings. The van der Waals surface area contributed by atoms with Crippen molar-refractivity contribution in [1.29, 1.82) is 0 Å². The Morgan fingerprint density at radius 2 is 1.85 bits per heavy atom. The Labute approximate surface area is 205 Å². The van der Waals surface area contributed by atoms with Gasteiger partial charge < -0.3 is 16.3 Å². The average molecular weight is 495 g/mol. The Hall–Kier alpha value is -3.82. The lowest BCUT2D eigenvalue weighted by molar-refractivity contribution is -0.112. The maximum atomic E-state index is 13.2. The summed E-state index contributed by atoms with van der Waals surface area (Å²) in [6.45, 7) is 0.0548. The highest BCUT2D eigenvalue weighted by molar-refractivity contribution is 7.81. The van der Waals surface area contributed by atoms with Gasteiger partial charge in [0.25, 0.3) is 17.7 Å². The van der Waals surface area contributed by atoms with Gasteiger partial charge in [0.15, 0.2) is 0 Å². The van der Waals surface area contributed by atoms with Gasteiger partial charge in [0.05, 0.1) is 28.9 Å². The van der Waals surface area contributed by atoms with Gasteiger partial charge in [-0.05, 0) is 29.3 Å². The number of hydrogen-bond donors (Lipinski definition) is 3. The average Bonchev–Trinajstić information content (AvgIpc) is 3.07. The molecular weight excluding hydrogens is 476 g/mol. The second-order valence-electron chi connectivity index (χ2n) is 7.74. The van der Waals surface area contributed by atoms with E-state index < -0.39 is 17.7 Å². The zero-order chi connectivity index (χ0) is 24.4. The number of nitrogens with one attached hydrogen (secondary N) is 1. The predicted octanol–water partition coefficient (Wildman–Crippen LogP) is 3.53. The highest BCUT2D eigenvalue weighted by Gasteiger charge is 2.38. The van der Waals surface area contributed by atoms with Crippen molar-refractivity contribution >= 4 is 57.9 Å². The molecule has 1 aliphatic heterocycles. The fraction of sp³-hybridized carbons (Fsp3) is 0.125. The maximum Gasteiger partial charge on any atom is 0.263 e. The molecule has 0 atom stereocenters. The normalized spacial score (nSPS) is 15.7. The number of carbonyl (C=O) groups excluding carboxylic acids is 3. The summed E-state index contributed by atoms with van der Waals surface area (Å²) in [5.41, 5.74) is 7.89. The number of anilines is 1. The first-order valence-corrected chi connectivity index (χ1v) is 11.0.